The maximum atomic E-state index is 11.5. The Morgan fingerprint density at radius 3 is 2.80 bits per heavy atom. The Kier molecular flexibility index (Phi) is 3.76. The summed E-state index contributed by atoms with van der Waals surface area (Å²) in [6, 6.07) is 8.34. The molecule has 1 N–H and O–H groups in total. The lowest BCUT2D eigenvalue weighted by atomic mass is 9.73. The normalized spacial score (nSPS) is 27.0. The number of nitrogens with zero attached hydrogens (tertiary/aromatic N) is 1. The highest BCUT2D eigenvalue weighted by molar-refractivity contribution is 5.69. The third-order valence-electron chi connectivity index (χ3n) is 4.62. The van der Waals surface area contributed by atoms with E-state index in [1.165, 1.54) is 11.1 Å². The highest BCUT2D eigenvalue weighted by atomic mass is 16.5. The van der Waals surface area contributed by atoms with Gasteiger partial charge in [-0.15, -0.1) is 0 Å². The number of rotatable bonds is 3. The molecule has 1 fully saturated rings. The largest absolute Gasteiger partial charge is 0.481 e. The second-order valence-electron chi connectivity index (χ2n) is 5.71. The van der Waals surface area contributed by atoms with Gasteiger partial charge in [-0.25, -0.2) is 0 Å². The average molecular weight is 275 g/mol. The van der Waals surface area contributed by atoms with Crippen LogP contribution in [-0.4, -0.2) is 42.3 Å². The zero-order valence-corrected chi connectivity index (χ0v) is 11.7. The molecule has 20 heavy (non-hydrogen) atoms. The van der Waals surface area contributed by atoms with Crippen LogP contribution in [0.25, 0.3) is 0 Å². The zero-order chi connectivity index (χ0) is 14.0. The van der Waals surface area contributed by atoms with Crippen molar-refractivity contribution in [1.82, 2.24) is 4.90 Å². The lowest BCUT2D eigenvalue weighted by Crippen LogP contribution is -2.53. The second-order valence-corrected chi connectivity index (χ2v) is 5.71. The van der Waals surface area contributed by atoms with Gasteiger partial charge in [0, 0.05) is 13.1 Å². The Hall–Kier alpha value is -1.39. The predicted octanol–water partition coefficient (Wildman–Crippen LogP) is 2.03. The van der Waals surface area contributed by atoms with Gasteiger partial charge >= 0.3 is 5.97 Å². The fourth-order valence-electron chi connectivity index (χ4n) is 3.76. The van der Waals surface area contributed by atoms with Gasteiger partial charge < -0.3 is 9.84 Å². The van der Waals surface area contributed by atoms with Gasteiger partial charge in [0.25, 0.3) is 0 Å². The van der Waals surface area contributed by atoms with Gasteiger partial charge in [-0.3, -0.25) is 9.69 Å². The number of fused-ring (bicyclic) bond motifs is 1. The summed E-state index contributed by atoms with van der Waals surface area (Å²) in [5.41, 5.74) is 2.19. The number of morpholine rings is 1. The van der Waals surface area contributed by atoms with Gasteiger partial charge in [-0.2, -0.15) is 0 Å². The van der Waals surface area contributed by atoms with Crippen LogP contribution in [-0.2, 0) is 21.5 Å². The van der Waals surface area contributed by atoms with Gasteiger partial charge in [0.15, 0.2) is 0 Å². The monoisotopic (exact) mass is 275 g/mol. The third kappa shape index (κ3) is 2.34. The summed E-state index contributed by atoms with van der Waals surface area (Å²) in [5.74, 6) is -0.715. The Balaban J connectivity index is 2.04. The number of carbonyl (C=O) groups is 1. The first kappa shape index (κ1) is 13.6. The van der Waals surface area contributed by atoms with Gasteiger partial charge in [0.2, 0.25) is 0 Å². The molecule has 1 aromatic carbocycles. The molecule has 0 bridgehead atoms. The first-order chi connectivity index (χ1) is 9.72. The molecule has 3 rings (SSSR count). The van der Waals surface area contributed by atoms with Crippen LogP contribution in [0.5, 0.6) is 0 Å². The van der Waals surface area contributed by atoms with Crippen molar-refractivity contribution in [2.75, 3.05) is 26.3 Å². The van der Waals surface area contributed by atoms with Crippen LogP contribution < -0.4 is 0 Å². The summed E-state index contributed by atoms with van der Waals surface area (Å²) in [5, 5.41) is 9.43. The maximum Gasteiger partial charge on any atom is 0.305 e. The predicted molar refractivity (Wildman–Crippen MR) is 75.7 cm³/mol. The molecule has 0 amide bonds. The Morgan fingerprint density at radius 2 is 2.05 bits per heavy atom. The molecule has 0 saturated carbocycles. The molecule has 1 atom stereocenters. The van der Waals surface area contributed by atoms with Crippen molar-refractivity contribution in [2.45, 2.75) is 31.2 Å². The van der Waals surface area contributed by atoms with Crippen LogP contribution in [0.3, 0.4) is 0 Å². The topological polar surface area (TPSA) is 49.8 Å². The van der Waals surface area contributed by atoms with E-state index < -0.39 is 5.97 Å². The number of aliphatic carboxylic acids is 1. The van der Waals surface area contributed by atoms with Crippen molar-refractivity contribution in [3.8, 4) is 0 Å². The smallest absolute Gasteiger partial charge is 0.305 e. The number of benzene rings is 1. The number of hydrogen-bond donors (Lipinski definition) is 1. The summed E-state index contributed by atoms with van der Waals surface area (Å²) >= 11 is 0. The molecule has 108 valence electrons. The number of aryl methyl sites for hydroxylation is 1. The summed E-state index contributed by atoms with van der Waals surface area (Å²) < 4.78 is 5.44. The molecule has 1 heterocycles. The van der Waals surface area contributed by atoms with Gasteiger partial charge in [0.05, 0.1) is 25.2 Å². The standard InChI is InChI=1S/C16H21NO3/c18-15(19)12-16(17-8-10-20-11-9-17)7-3-5-13-4-1-2-6-14(13)16/h1-2,4,6H,3,5,7-12H2,(H,18,19). The molecular formula is C16H21NO3. The minimum absolute atomic E-state index is 0.185. The van der Waals surface area contributed by atoms with Crippen molar-refractivity contribution in [2.24, 2.45) is 0 Å². The van der Waals surface area contributed by atoms with Crippen molar-refractivity contribution in [3.05, 3.63) is 35.4 Å². The molecule has 1 saturated heterocycles. The maximum absolute atomic E-state index is 11.5. The summed E-state index contributed by atoms with van der Waals surface area (Å²) in [7, 11) is 0. The summed E-state index contributed by atoms with van der Waals surface area (Å²) in [6.07, 6.45) is 3.23. The van der Waals surface area contributed by atoms with E-state index in [-0.39, 0.29) is 12.0 Å². The Morgan fingerprint density at radius 1 is 1.30 bits per heavy atom. The number of ether oxygens (including phenoxy) is 1. The molecular weight excluding hydrogens is 254 g/mol. The van der Waals surface area contributed by atoms with E-state index in [2.05, 4.69) is 23.1 Å². The van der Waals surface area contributed by atoms with Crippen LogP contribution in [0.15, 0.2) is 24.3 Å². The van der Waals surface area contributed by atoms with E-state index in [1.807, 2.05) is 6.07 Å². The highest BCUT2D eigenvalue weighted by Gasteiger charge is 2.43. The quantitative estimate of drug-likeness (QED) is 0.917. The van der Waals surface area contributed by atoms with E-state index in [4.69, 9.17) is 4.74 Å². The molecule has 0 aromatic heterocycles. The molecule has 4 heteroatoms. The third-order valence-corrected chi connectivity index (χ3v) is 4.62. The Labute approximate surface area is 119 Å². The van der Waals surface area contributed by atoms with Crippen molar-refractivity contribution < 1.29 is 14.6 Å². The van der Waals surface area contributed by atoms with Crippen molar-refractivity contribution >= 4 is 5.97 Å². The van der Waals surface area contributed by atoms with E-state index in [0.717, 1.165) is 32.4 Å². The van der Waals surface area contributed by atoms with E-state index in [0.29, 0.717) is 13.2 Å². The Bertz CT molecular complexity index is 496. The van der Waals surface area contributed by atoms with E-state index in [9.17, 15) is 9.90 Å². The average Bonchev–Trinajstić information content (AvgIpc) is 2.48. The minimum atomic E-state index is -0.715. The van der Waals surface area contributed by atoms with Crippen molar-refractivity contribution in [3.63, 3.8) is 0 Å². The molecule has 0 spiro atoms. The van der Waals surface area contributed by atoms with Crippen molar-refractivity contribution in [1.29, 1.82) is 0 Å². The van der Waals surface area contributed by atoms with Crippen LogP contribution in [0.4, 0.5) is 0 Å². The SMILES string of the molecule is O=C(O)CC1(N2CCOCC2)CCCc2ccccc21. The number of carboxylic acid groups (broad SMARTS) is 1. The molecule has 2 aliphatic rings. The molecule has 1 unspecified atom stereocenters. The molecule has 4 nitrogen and oxygen atoms in total. The highest BCUT2D eigenvalue weighted by Crippen LogP contribution is 2.43. The van der Waals surface area contributed by atoms with Crippen LogP contribution in [0.1, 0.15) is 30.4 Å². The van der Waals surface area contributed by atoms with E-state index >= 15 is 0 Å². The van der Waals surface area contributed by atoms with Gasteiger partial charge in [-0.1, -0.05) is 24.3 Å². The fourth-order valence-corrected chi connectivity index (χ4v) is 3.76. The first-order valence-electron chi connectivity index (χ1n) is 7.35. The van der Waals surface area contributed by atoms with E-state index in [1.54, 1.807) is 0 Å². The zero-order valence-electron chi connectivity index (χ0n) is 11.7. The van der Waals surface area contributed by atoms with Crippen LogP contribution in [0, 0.1) is 0 Å². The summed E-state index contributed by atoms with van der Waals surface area (Å²) in [4.78, 5) is 13.8. The lowest BCUT2D eigenvalue weighted by Gasteiger charge is -2.48. The molecule has 1 aliphatic carbocycles. The van der Waals surface area contributed by atoms with Crippen LogP contribution >= 0.6 is 0 Å². The number of hydrogen-bond acceptors (Lipinski definition) is 3. The van der Waals surface area contributed by atoms with Gasteiger partial charge in [-0.05, 0) is 30.4 Å². The van der Waals surface area contributed by atoms with Gasteiger partial charge in [0.1, 0.15) is 0 Å². The molecule has 1 aromatic rings. The first-order valence-corrected chi connectivity index (χ1v) is 7.35. The summed E-state index contributed by atoms with van der Waals surface area (Å²) in [6.45, 7) is 3.04. The molecule has 1 aliphatic heterocycles. The molecule has 0 radical (unpaired) electrons. The second kappa shape index (κ2) is 5.54. The fraction of sp³-hybridized carbons (Fsp3) is 0.562. The lowest BCUT2D eigenvalue weighted by molar-refractivity contribution is -0.142. The van der Waals surface area contributed by atoms with Crippen LogP contribution in [0.2, 0.25) is 0 Å². The number of carboxylic acids is 1. The minimum Gasteiger partial charge on any atom is -0.481 e.